The number of aryl methyl sites for hydroxylation is 1. The lowest BCUT2D eigenvalue weighted by Crippen LogP contribution is -2.51. The van der Waals surface area contributed by atoms with Crippen LogP contribution in [0.5, 0.6) is 0 Å². The number of hydrogen-bond acceptors (Lipinski definition) is 5. The highest BCUT2D eigenvalue weighted by atomic mass is 16.2. The van der Waals surface area contributed by atoms with Crippen LogP contribution in [0.2, 0.25) is 0 Å². The molecule has 1 amide bonds. The van der Waals surface area contributed by atoms with Crippen LogP contribution in [0.4, 0.5) is 5.82 Å². The lowest BCUT2D eigenvalue weighted by molar-refractivity contribution is 0.0698. The number of hydrogen-bond donors (Lipinski definition) is 0. The zero-order chi connectivity index (χ0) is 17.4. The summed E-state index contributed by atoms with van der Waals surface area (Å²) in [6.45, 7) is 3.63. The Morgan fingerprint density at radius 2 is 2.12 bits per heavy atom. The molecule has 130 valence electrons. The molecule has 0 atom stereocenters. The van der Waals surface area contributed by atoms with Gasteiger partial charge < -0.3 is 9.80 Å². The molecule has 1 saturated heterocycles. The van der Waals surface area contributed by atoms with Crippen LogP contribution in [0, 0.1) is 12.3 Å². The van der Waals surface area contributed by atoms with Crippen molar-refractivity contribution in [1.29, 1.82) is 0 Å². The van der Waals surface area contributed by atoms with Crippen molar-refractivity contribution >= 4 is 11.7 Å². The van der Waals surface area contributed by atoms with Crippen molar-refractivity contribution in [3.8, 4) is 0 Å². The third-order valence-corrected chi connectivity index (χ3v) is 5.70. The Balaban J connectivity index is 1.37. The smallest absolute Gasteiger partial charge is 0.255 e. The molecular weight excluding hydrogens is 314 g/mol. The number of aromatic nitrogens is 3. The van der Waals surface area contributed by atoms with E-state index in [0.29, 0.717) is 11.6 Å². The number of likely N-dealkylation sites (tertiary alicyclic amines) is 1. The molecule has 2 aromatic heterocycles. The van der Waals surface area contributed by atoms with Gasteiger partial charge in [0.2, 0.25) is 0 Å². The first-order chi connectivity index (χ1) is 12.1. The second kappa shape index (κ2) is 6.10. The Hall–Kier alpha value is -2.50. The molecule has 1 aliphatic carbocycles. The fraction of sp³-hybridized carbons (Fsp3) is 0.474. The molecule has 4 rings (SSSR count). The zero-order valence-corrected chi connectivity index (χ0v) is 14.7. The molecule has 0 unspecified atom stereocenters. The van der Waals surface area contributed by atoms with Gasteiger partial charge in [-0.15, -0.1) is 0 Å². The molecule has 0 radical (unpaired) electrons. The van der Waals surface area contributed by atoms with E-state index < -0.39 is 0 Å². The number of carbonyl (C=O) groups is 1. The third-order valence-electron chi connectivity index (χ3n) is 5.70. The molecule has 6 heteroatoms. The van der Waals surface area contributed by atoms with Crippen LogP contribution in [0.1, 0.15) is 35.3 Å². The van der Waals surface area contributed by atoms with Crippen molar-refractivity contribution < 1.29 is 4.79 Å². The number of carbonyl (C=O) groups excluding carboxylic acids is 1. The Kier molecular flexibility index (Phi) is 3.90. The highest BCUT2D eigenvalue weighted by Crippen LogP contribution is 2.50. The third kappa shape index (κ3) is 2.97. The van der Waals surface area contributed by atoms with Gasteiger partial charge in [-0.25, -0.2) is 9.97 Å². The largest absolute Gasteiger partial charge is 0.357 e. The minimum absolute atomic E-state index is 0.108. The van der Waals surface area contributed by atoms with Gasteiger partial charge in [0.05, 0.1) is 5.56 Å². The number of nitrogens with zero attached hydrogens (tertiary/aromatic N) is 5. The second-order valence-electron chi connectivity index (χ2n) is 7.41. The standard InChI is InChI=1S/C19H23N5O/c1-14-3-4-15(11-21-14)18(25)24-8-6-19(12-24)9-16(10-19)23(2)17-5-7-20-13-22-17/h3-5,7,11,13,16H,6,8-10,12H2,1-2H3. The molecule has 2 aliphatic rings. The van der Waals surface area contributed by atoms with Gasteiger partial charge in [-0.05, 0) is 49.8 Å². The summed E-state index contributed by atoms with van der Waals surface area (Å²) in [6.07, 6.45) is 8.37. The molecule has 2 fully saturated rings. The Bertz CT molecular complexity index is 755. The van der Waals surface area contributed by atoms with E-state index in [2.05, 4.69) is 26.9 Å². The maximum Gasteiger partial charge on any atom is 0.255 e. The predicted octanol–water partition coefficient (Wildman–Crippen LogP) is 2.31. The van der Waals surface area contributed by atoms with Crippen molar-refractivity contribution in [2.24, 2.45) is 5.41 Å². The zero-order valence-electron chi connectivity index (χ0n) is 14.7. The lowest BCUT2D eigenvalue weighted by Gasteiger charge is -2.49. The van der Waals surface area contributed by atoms with E-state index in [9.17, 15) is 4.79 Å². The summed E-state index contributed by atoms with van der Waals surface area (Å²) in [5, 5.41) is 0. The minimum atomic E-state index is 0.108. The van der Waals surface area contributed by atoms with Gasteiger partial charge >= 0.3 is 0 Å². The number of anilines is 1. The lowest BCUT2D eigenvalue weighted by atomic mass is 9.64. The first-order valence-corrected chi connectivity index (χ1v) is 8.77. The minimum Gasteiger partial charge on any atom is -0.357 e. The topological polar surface area (TPSA) is 62.2 Å². The van der Waals surface area contributed by atoms with Gasteiger partial charge in [-0.2, -0.15) is 0 Å². The highest BCUT2D eigenvalue weighted by Gasteiger charge is 2.50. The van der Waals surface area contributed by atoms with Gasteiger partial charge in [0.25, 0.3) is 5.91 Å². The first-order valence-electron chi connectivity index (χ1n) is 8.77. The van der Waals surface area contributed by atoms with E-state index in [0.717, 1.165) is 43.9 Å². The molecule has 6 nitrogen and oxygen atoms in total. The van der Waals surface area contributed by atoms with Crippen molar-refractivity contribution in [3.05, 3.63) is 48.2 Å². The van der Waals surface area contributed by atoms with Crippen LogP contribution >= 0.6 is 0 Å². The van der Waals surface area contributed by atoms with Gasteiger partial charge in [0, 0.05) is 44.3 Å². The summed E-state index contributed by atoms with van der Waals surface area (Å²) in [6, 6.07) is 6.21. The average Bonchev–Trinajstić information content (AvgIpc) is 3.06. The number of pyridine rings is 1. The van der Waals surface area contributed by atoms with Crippen molar-refractivity contribution in [3.63, 3.8) is 0 Å². The summed E-state index contributed by atoms with van der Waals surface area (Å²) < 4.78 is 0. The normalized spacial score (nSPS) is 25.0. The molecular formula is C19H23N5O. The van der Waals surface area contributed by atoms with Crippen molar-refractivity contribution in [2.45, 2.75) is 32.2 Å². The maximum absolute atomic E-state index is 12.7. The first kappa shape index (κ1) is 16.0. The molecule has 1 spiro atoms. The second-order valence-corrected chi connectivity index (χ2v) is 7.41. The van der Waals surface area contributed by atoms with E-state index in [1.807, 2.05) is 30.0 Å². The molecule has 1 saturated carbocycles. The average molecular weight is 337 g/mol. The van der Waals surface area contributed by atoms with Gasteiger partial charge in [-0.3, -0.25) is 9.78 Å². The summed E-state index contributed by atoms with van der Waals surface area (Å²) in [4.78, 5) is 29.5. The highest BCUT2D eigenvalue weighted by molar-refractivity contribution is 5.94. The Labute approximate surface area is 147 Å². The van der Waals surface area contributed by atoms with E-state index in [1.54, 1.807) is 18.7 Å². The van der Waals surface area contributed by atoms with Crippen LogP contribution in [0.25, 0.3) is 0 Å². The number of amides is 1. The van der Waals surface area contributed by atoms with Crippen LogP contribution < -0.4 is 4.90 Å². The van der Waals surface area contributed by atoms with Gasteiger partial charge in [0.15, 0.2) is 0 Å². The van der Waals surface area contributed by atoms with Gasteiger partial charge in [0.1, 0.15) is 12.1 Å². The summed E-state index contributed by atoms with van der Waals surface area (Å²) >= 11 is 0. The molecule has 25 heavy (non-hydrogen) atoms. The monoisotopic (exact) mass is 337 g/mol. The van der Waals surface area contributed by atoms with Crippen LogP contribution in [0.15, 0.2) is 36.9 Å². The van der Waals surface area contributed by atoms with Crippen LogP contribution in [-0.4, -0.2) is 51.9 Å². The van der Waals surface area contributed by atoms with Crippen molar-refractivity contribution in [2.75, 3.05) is 25.0 Å². The molecule has 0 bridgehead atoms. The molecule has 2 aromatic rings. The SMILES string of the molecule is Cc1ccc(C(=O)N2CCC3(CC(N(C)c4ccncn4)C3)C2)cn1. The fourth-order valence-electron chi connectivity index (χ4n) is 4.11. The fourth-order valence-corrected chi connectivity index (χ4v) is 4.11. The quantitative estimate of drug-likeness (QED) is 0.860. The maximum atomic E-state index is 12.7. The molecule has 0 aromatic carbocycles. The summed E-state index contributed by atoms with van der Waals surface area (Å²) in [5.74, 6) is 1.07. The molecule has 1 aliphatic heterocycles. The van der Waals surface area contributed by atoms with E-state index >= 15 is 0 Å². The summed E-state index contributed by atoms with van der Waals surface area (Å²) in [7, 11) is 2.09. The molecule has 0 N–H and O–H groups in total. The van der Waals surface area contributed by atoms with Crippen molar-refractivity contribution in [1.82, 2.24) is 19.9 Å². The Morgan fingerprint density at radius 3 is 2.80 bits per heavy atom. The van der Waals surface area contributed by atoms with Gasteiger partial charge in [-0.1, -0.05) is 0 Å². The van der Waals surface area contributed by atoms with E-state index in [1.165, 1.54) is 0 Å². The summed E-state index contributed by atoms with van der Waals surface area (Å²) in [5.41, 5.74) is 1.90. The van der Waals surface area contributed by atoms with E-state index in [4.69, 9.17) is 0 Å². The van der Waals surface area contributed by atoms with Crippen LogP contribution in [-0.2, 0) is 0 Å². The molecule has 3 heterocycles. The van der Waals surface area contributed by atoms with Crippen LogP contribution in [0.3, 0.4) is 0 Å². The number of rotatable bonds is 3. The Morgan fingerprint density at radius 1 is 1.28 bits per heavy atom. The van der Waals surface area contributed by atoms with E-state index in [-0.39, 0.29) is 11.3 Å². The predicted molar refractivity (Wildman–Crippen MR) is 95.4 cm³/mol.